The second-order valence-corrected chi connectivity index (χ2v) is 6.93. The predicted octanol–water partition coefficient (Wildman–Crippen LogP) is 2.07. The van der Waals surface area contributed by atoms with Gasteiger partial charge in [0.15, 0.2) is 11.5 Å². The number of nitrogens with two attached hydrogens (primary N) is 1. The van der Waals surface area contributed by atoms with Gasteiger partial charge in [0.25, 0.3) is 0 Å². The van der Waals surface area contributed by atoms with Crippen LogP contribution >= 0.6 is 11.6 Å². The summed E-state index contributed by atoms with van der Waals surface area (Å²) in [5, 5.41) is 5.37. The number of rotatable bonds is 4. The SMILES string of the molecule is NS(=O)(=O)c1ccc(C(=O)OCc2cc(Cl)c3c(c2)OCO3)cc1. The third-order valence-corrected chi connectivity index (χ3v) is 4.49. The maximum absolute atomic E-state index is 12.0. The van der Waals surface area contributed by atoms with Crippen molar-refractivity contribution in [3.63, 3.8) is 0 Å². The Labute approximate surface area is 142 Å². The third-order valence-electron chi connectivity index (χ3n) is 3.28. The highest BCUT2D eigenvalue weighted by atomic mass is 35.5. The number of fused-ring (bicyclic) bond motifs is 1. The van der Waals surface area contributed by atoms with Crippen LogP contribution in [0.25, 0.3) is 0 Å². The van der Waals surface area contributed by atoms with Crippen molar-refractivity contribution in [1.29, 1.82) is 0 Å². The molecule has 3 rings (SSSR count). The van der Waals surface area contributed by atoms with Gasteiger partial charge in [-0.1, -0.05) is 11.6 Å². The summed E-state index contributed by atoms with van der Waals surface area (Å²) in [5.41, 5.74) is 0.841. The minimum Gasteiger partial charge on any atom is -0.457 e. The van der Waals surface area contributed by atoms with Crippen LogP contribution in [0.15, 0.2) is 41.3 Å². The normalized spacial score (nSPS) is 12.9. The van der Waals surface area contributed by atoms with E-state index < -0.39 is 16.0 Å². The molecule has 0 amide bonds. The maximum atomic E-state index is 12.0. The lowest BCUT2D eigenvalue weighted by Gasteiger charge is -2.07. The average molecular weight is 370 g/mol. The molecule has 0 aliphatic carbocycles. The Morgan fingerprint density at radius 2 is 1.92 bits per heavy atom. The molecular formula is C15H12ClNO6S. The summed E-state index contributed by atoms with van der Waals surface area (Å²) in [4.78, 5) is 11.9. The molecule has 2 aromatic rings. The van der Waals surface area contributed by atoms with Crippen LogP contribution in [0.3, 0.4) is 0 Å². The molecule has 1 aliphatic rings. The van der Waals surface area contributed by atoms with Crippen LogP contribution in [-0.2, 0) is 21.4 Å². The fraction of sp³-hybridized carbons (Fsp3) is 0.133. The van der Waals surface area contributed by atoms with E-state index in [0.29, 0.717) is 22.1 Å². The number of ether oxygens (including phenoxy) is 3. The lowest BCUT2D eigenvalue weighted by molar-refractivity contribution is 0.0472. The molecule has 1 heterocycles. The summed E-state index contributed by atoms with van der Waals surface area (Å²) in [5.74, 6) is 0.348. The van der Waals surface area contributed by atoms with Crippen LogP contribution in [0.1, 0.15) is 15.9 Å². The molecule has 0 bridgehead atoms. The van der Waals surface area contributed by atoms with Crippen molar-refractivity contribution in [3.05, 3.63) is 52.5 Å². The van der Waals surface area contributed by atoms with E-state index >= 15 is 0 Å². The number of carbonyl (C=O) groups is 1. The van der Waals surface area contributed by atoms with E-state index in [1.807, 2.05) is 0 Å². The highest BCUT2D eigenvalue weighted by Crippen LogP contribution is 2.39. The minimum absolute atomic E-state index is 0.0217. The minimum atomic E-state index is -3.80. The first-order valence-corrected chi connectivity index (χ1v) is 8.65. The number of carbonyl (C=O) groups excluding carboxylic acids is 1. The van der Waals surface area contributed by atoms with E-state index in [9.17, 15) is 13.2 Å². The largest absolute Gasteiger partial charge is 0.457 e. The molecule has 2 N–H and O–H groups in total. The second-order valence-electron chi connectivity index (χ2n) is 4.96. The standard InChI is InChI=1S/C15H12ClNO6S/c16-12-5-9(6-13-14(12)23-8-22-13)7-21-15(18)10-1-3-11(4-2-10)24(17,19)20/h1-6H,7-8H2,(H2,17,19,20). The zero-order chi connectivity index (χ0) is 17.3. The van der Waals surface area contributed by atoms with E-state index in [4.69, 9.17) is 31.0 Å². The molecule has 0 spiro atoms. The fourth-order valence-electron chi connectivity index (χ4n) is 2.12. The molecule has 126 valence electrons. The molecule has 0 unspecified atom stereocenters. The monoisotopic (exact) mass is 369 g/mol. The van der Waals surface area contributed by atoms with Crippen molar-refractivity contribution in [3.8, 4) is 11.5 Å². The molecule has 1 aliphatic heterocycles. The van der Waals surface area contributed by atoms with Crippen LogP contribution in [0, 0.1) is 0 Å². The van der Waals surface area contributed by atoms with Gasteiger partial charge >= 0.3 is 5.97 Å². The van der Waals surface area contributed by atoms with Crippen LogP contribution in [-0.4, -0.2) is 21.2 Å². The van der Waals surface area contributed by atoms with Crippen molar-refractivity contribution < 1.29 is 27.4 Å². The summed E-state index contributed by atoms with van der Waals surface area (Å²) in [6.45, 7) is 0.0703. The number of hydrogen-bond acceptors (Lipinski definition) is 6. The third kappa shape index (κ3) is 3.45. The van der Waals surface area contributed by atoms with Gasteiger partial charge in [-0.25, -0.2) is 18.4 Å². The summed E-state index contributed by atoms with van der Waals surface area (Å²) < 4.78 is 38.0. The van der Waals surface area contributed by atoms with Gasteiger partial charge in [-0.05, 0) is 42.0 Å². The van der Waals surface area contributed by atoms with Crippen molar-refractivity contribution in [2.75, 3.05) is 6.79 Å². The number of halogens is 1. The molecular weight excluding hydrogens is 358 g/mol. The Bertz CT molecular complexity index is 895. The smallest absolute Gasteiger partial charge is 0.338 e. The van der Waals surface area contributed by atoms with E-state index in [1.165, 1.54) is 24.3 Å². The van der Waals surface area contributed by atoms with Gasteiger partial charge in [0.1, 0.15) is 6.61 Å². The van der Waals surface area contributed by atoms with Crippen LogP contribution in [0.2, 0.25) is 5.02 Å². The lowest BCUT2D eigenvalue weighted by atomic mass is 10.2. The number of sulfonamides is 1. The number of benzene rings is 2. The van der Waals surface area contributed by atoms with Crippen LogP contribution in [0.5, 0.6) is 11.5 Å². The first-order valence-electron chi connectivity index (χ1n) is 6.72. The first-order chi connectivity index (χ1) is 11.3. The Hall–Kier alpha value is -2.29. The van der Waals surface area contributed by atoms with Gasteiger partial charge < -0.3 is 14.2 Å². The molecule has 0 aromatic heterocycles. The molecule has 9 heteroatoms. The summed E-state index contributed by atoms with van der Waals surface area (Å²) in [7, 11) is -3.80. The number of primary sulfonamides is 1. The highest BCUT2D eigenvalue weighted by molar-refractivity contribution is 7.89. The Morgan fingerprint density at radius 1 is 1.21 bits per heavy atom. The lowest BCUT2D eigenvalue weighted by Crippen LogP contribution is -2.12. The molecule has 0 saturated heterocycles. The van der Waals surface area contributed by atoms with Gasteiger partial charge in [0, 0.05) is 0 Å². The molecule has 24 heavy (non-hydrogen) atoms. The van der Waals surface area contributed by atoms with Gasteiger partial charge in [0.05, 0.1) is 15.5 Å². The topological polar surface area (TPSA) is 105 Å². The van der Waals surface area contributed by atoms with Crippen LogP contribution < -0.4 is 14.6 Å². The zero-order valence-corrected chi connectivity index (χ0v) is 13.8. The summed E-state index contributed by atoms with van der Waals surface area (Å²) >= 11 is 6.05. The maximum Gasteiger partial charge on any atom is 0.338 e. The van der Waals surface area contributed by atoms with Crippen molar-refractivity contribution in [1.82, 2.24) is 0 Å². The molecule has 0 radical (unpaired) electrons. The predicted molar refractivity (Wildman–Crippen MR) is 84.5 cm³/mol. The van der Waals surface area contributed by atoms with Gasteiger partial charge in [-0.2, -0.15) is 0 Å². The number of esters is 1. The van der Waals surface area contributed by atoms with Gasteiger partial charge in [-0.15, -0.1) is 0 Å². The average Bonchev–Trinajstić information content (AvgIpc) is 3.01. The first kappa shape index (κ1) is 16.6. The van der Waals surface area contributed by atoms with Crippen molar-refractivity contribution >= 4 is 27.6 Å². The van der Waals surface area contributed by atoms with Crippen LogP contribution in [0.4, 0.5) is 0 Å². The Kier molecular flexibility index (Phi) is 4.35. The van der Waals surface area contributed by atoms with Gasteiger partial charge in [0.2, 0.25) is 16.8 Å². The van der Waals surface area contributed by atoms with Gasteiger partial charge in [-0.3, -0.25) is 0 Å². The van der Waals surface area contributed by atoms with Crippen molar-refractivity contribution in [2.45, 2.75) is 11.5 Å². The Balaban J connectivity index is 1.69. The van der Waals surface area contributed by atoms with Crippen molar-refractivity contribution in [2.24, 2.45) is 5.14 Å². The Morgan fingerprint density at radius 3 is 2.58 bits per heavy atom. The molecule has 0 atom stereocenters. The van der Waals surface area contributed by atoms with E-state index in [-0.39, 0.29) is 23.9 Å². The van der Waals surface area contributed by atoms with E-state index in [2.05, 4.69) is 0 Å². The molecule has 0 fully saturated rings. The van der Waals surface area contributed by atoms with E-state index in [1.54, 1.807) is 12.1 Å². The quantitative estimate of drug-likeness (QED) is 0.827. The molecule has 2 aromatic carbocycles. The van der Waals surface area contributed by atoms with E-state index in [0.717, 1.165) is 0 Å². The summed E-state index contributed by atoms with van der Waals surface area (Å²) in [6, 6.07) is 8.42. The summed E-state index contributed by atoms with van der Waals surface area (Å²) in [6.07, 6.45) is 0. The zero-order valence-electron chi connectivity index (χ0n) is 12.2. The fourth-order valence-corrected chi connectivity index (χ4v) is 2.92. The molecule has 0 saturated carbocycles. The molecule has 7 nitrogen and oxygen atoms in total. The number of hydrogen-bond donors (Lipinski definition) is 1. The second kappa shape index (κ2) is 6.31. The highest BCUT2D eigenvalue weighted by Gasteiger charge is 2.19.